The number of hydrogen-bond donors (Lipinski definition) is 1. The summed E-state index contributed by atoms with van der Waals surface area (Å²) >= 11 is 0. The van der Waals surface area contributed by atoms with Gasteiger partial charge in [-0.15, -0.1) is 0 Å². The van der Waals surface area contributed by atoms with Crippen molar-refractivity contribution in [1.82, 2.24) is 9.55 Å². The topological polar surface area (TPSA) is 109 Å². The Morgan fingerprint density at radius 1 is 1.43 bits per heavy atom. The molecule has 2 rings (SSSR count). The molecule has 1 N–H and O–H groups in total. The van der Waals surface area contributed by atoms with Gasteiger partial charge in [0.25, 0.3) is 5.92 Å². The van der Waals surface area contributed by atoms with Crippen molar-refractivity contribution in [2.45, 2.75) is 64.2 Å². The van der Waals surface area contributed by atoms with Crippen LogP contribution in [-0.4, -0.2) is 41.2 Å². The second-order valence-corrected chi connectivity index (χ2v) is 8.30. The maximum atomic E-state index is 14.4. The van der Waals surface area contributed by atoms with Gasteiger partial charge in [0.05, 0.1) is 12.7 Å². The molecule has 2 heterocycles. The minimum Gasteiger partial charge on any atom is -0.346 e. The molecule has 0 saturated carbocycles. The second kappa shape index (κ2) is 11.1. The lowest BCUT2D eigenvalue weighted by molar-refractivity contribution is -0.120. The molecule has 9 nitrogen and oxygen atoms in total. The Labute approximate surface area is 174 Å². The first-order chi connectivity index (χ1) is 14.2. The highest BCUT2D eigenvalue weighted by Crippen LogP contribution is 2.42. The van der Waals surface area contributed by atoms with Crippen LogP contribution in [0, 0.1) is 5.92 Å². The largest absolute Gasteiger partial charge is 0.351 e. The highest BCUT2D eigenvalue weighted by Gasteiger charge is 2.52. The zero-order valence-electron chi connectivity index (χ0n) is 17.2. The molecule has 1 aromatic heterocycles. The predicted octanol–water partition coefficient (Wildman–Crippen LogP) is 3.37. The summed E-state index contributed by atoms with van der Waals surface area (Å²) in [5.41, 5.74) is -0.980. The lowest BCUT2D eigenvalue weighted by Gasteiger charge is -2.20. The van der Waals surface area contributed by atoms with E-state index in [9.17, 15) is 22.9 Å². The smallest absolute Gasteiger partial charge is 0.346 e. The summed E-state index contributed by atoms with van der Waals surface area (Å²) in [6.45, 7) is 3.59. The zero-order chi connectivity index (χ0) is 22.3. The number of hydrogen-bond acceptors (Lipinski definition) is 7. The number of carbonyl (C=O) groups excluding carboxylic acids is 1. The monoisotopic (exact) mass is 451 g/mol. The normalized spacial score (nSPS) is 21.7. The van der Waals surface area contributed by atoms with Crippen LogP contribution in [0.5, 0.6) is 0 Å². The van der Waals surface area contributed by atoms with Crippen LogP contribution >= 0.6 is 8.25 Å². The number of anilines is 1. The fraction of sp³-hybridized carbons (Fsp3) is 0.722. The molecular weight excluding hydrogens is 423 g/mol. The first-order valence-corrected chi connectivity index (χ1v) is 11.1. The Hall–Kier alpha value is -1.68. The van der Waals surface area contributed by atoms with Gasteiger partial charge in [0.2, 0.25) is 12.1 Å². The number of alkyl halides is 2. The molecule has 1 fully saturated rings. The molecule has 12 heteroatoms. The molecule has 3 atom stereocenters. The Morgan fingerprint density at radius 3 is 2.67 bits per heavy atom. The summed E-state index contributed by atoms with van der Waals surface area (Å²) in [6.07, 6.45) is 0.542. The number of carbonyl (C=O) groups is 1. The van der Waals surface area contributed by atoms with Gasteiger partial charge in [0.1, 0.15) is 5.82 Å². The SMILES string of the molecule is CCCC(CCC)C(=O)Nc1ccn([C@@H]2O[C@H](CO[PH](=O)OC)CC2(F)F)c(=O)n1. The quantitative estimate of drug-likeness (QED) is 0.514. The summed E-state index contributed by atoms with van der Waals surface area (Å²) in [5, 5.41) is 2.58. The number of nitrogens with zero attached hydrogens (tertiary/aromatic N) is 2. The Morgan fingerprint density at radius 2 is 2.10 bits per heavy atom. The van der Waals surface area contributed by atoms with Gasteiger partial charge in [-0.1, -0.05) is 26.7 Å². The van der Waals surface area contributed by atoms with Crippen molar-refractivity contribution in [3.8, 4) is 0 Å². The standard InChI is InChI=1S/C18H28F2N3O6P/c1-4-6-12(7-5-2)15(24)21-14-8-9-23(17(25)22-14)16-18(19,20)10-13(29-16)11-28-30(26)27-3/h8-9,12-13,16,30H,4-7,10-11H2,1-3H3,(H,21,22,24,25)/t13-,16+/m0/s1. The molecule has 0 aromatic carbocycles. The molecule has 1 aliphatic heterocycles. The van der Waals surface area contributed by atoms with E-state index in [0.717, 1.165) is 19.0 Å². The van der Waals surface area contributed by atoms with E-state index in [4.69, 9.17) is 9.26 Å². The Kier molecular flexibility index (Phi) is 9.09. The van der Waals surface area contributed by atoms with Gasteiger partial charge in [0, 0.05) is 25.6 Å². The van der Waals surface area contributed by atoms with Crippen molar-refractivity contribution in [3.05, 3.63) is 22.7 Å². The number of halogens is 2. The second-order valence-electron chi connectivity index (χ2n) is 7.11. The van der Waals surface area contributed by atoms with Crippen molar-refractivity contribution in [1.29, 1.82) is 0 Å². The van der Waals surface area contributed by atoms with Crippen LogP contribution < -0.4 is 11.0 Å². The van der Waals surface area contributed by atoms with E-state index >= 15 is 0 Å². The van der Waals surface area contributed by atoms with Crippen LogP contribution in [0.25, 0.3) is 0 Å². The third-order valence-corrected chi connectivity index (χ3v) is 5.45. The van der Waals surface area contributed by atoms with E-state index in [2.05, 4.69) is 14.8 Å². The number of amides is 1. The van der Waals surface area contributed by atoms with Gasteiger partial charge < -0.3 is 19.1 Å². The van der Waals surface area contributed by atoms with E-state index in [0.29, 0.717) is 17.4 Å². The molecule has 1 aromatic rings. The highest BCUT2D eigenvalue weighted by atomic mass is 31.1. The fourth-order valence-corrected chi connectivity index (χ4v) is 3.75. The summed E-state index contributed by atoms with van der Waals surface area (Å²) in [5.74, 6) is -3.82. The van der Waals surface area contributed by atoms with Gasteiger partial charge in [-0.2, -0.15) is 4.98 Å². The zero-order valence-corrected chi connectivity index (χ0v) is 18.2. The predicted molar refractivity (Wildman–Crippen MR) is 106 cm³/mol. The van der Waals surface area contributed by atoms with Gasteiger partial charge in [0.15, 0.2) is 0 Å². The molecular formula is C18H28F2N3O6P. The van der Waals surface area contributed by atoms with Crippen LogP contribution in [0.2, 0.25) is 0 Å². The fourth-order valence-electron chi connectivity index (χ4n) is 3.31. The maximum absolute atomic E-state index is 14.4. The molecule has 170 valence electrons. The van der Waals surface area contributed by atoms with E-state index < -0.39 is 38.6 Å². The number of rotatable bonds is 11. The van der Waals surface area contributed by atoms with Crippen LogP contribution in [0.1, 0.15) is 52.2 Å². The van der Waals surface area contributed by atoms with Crippen molar-refractivity contribution >= 4 is 20.0 Å². The summed E-state index contributed by atoms with van der Waals surface area (Å²) in [6, 6.07) is 1.28. The number of ether oxygens (including phenoxy) is 1. The molecule has 1 unspecified atom stereocenters. The Balaban J connectivity index is 2.09. The van der Waals surface area contributed by atoms with Crippen molar-refractivity contribution in [2.75, 3.05) is 19.0 Å². The average Bonchev–Trinajstić information content (AvgIpc) is 3.00. The van der Waals surface area contributed by atoms with Gasteiger partial charge >= 0.3 is 13.9 Å². The van der Waals surface area contributed by atoms with Crippen molar-refractivity contribution in [2.24, 2.45) is 5.92 Å². The molecule has 1 aliphatic rings. The third kappa shape index (κ3) is 6.41. The van der Waals surface area contributed by atoms with E-state index in [1.807, 2.05) is 13.8 Å². The molecule has 30 heavy (non-hydrogen) atoms. The minimum atomic E-state index is -3.36. The van der Waals surface area contributed by atoms with Crippen molar-refractivity contribution < 1.29 is 31.9 Å². The number of nitrogens with one attached hydrogen (secondary N) is 1. The van der Waals surface area contributed by atoms with Crippen molar-refractivity contribution in [3.63, 3.8) is 0 Å². The van der Waals surface area contributed by atoms with Crippen LogP contribution in [0.3, 0.4) is 0 Å². The molecule has 0 aliphatic carbocycles. The lowest BCUT2D eigenvalue weighted by Crippen LogP contribution is -2.35. The first kappa shape index (κ1) is 24.6. The Bertz CT molecular complexity index is 800. The van der Waals surface area contributed by atoms with E-state index in [-0.39, 0.29) is 24.2 Å². The average molecular weight is 451 g/mol. The third-order valence-electron chi connectivity index (χ3n) is 4.72. The lowest BCUT2D eigenvalue weighted by atomic mass is 9.97. The molecule has 0 bridgehead atoms. The number of aromatic nitrogens is 2. The van der Waals surface area contributed by atoms with Gasteiger partial charge in [-0.05, 0) is 18.9 Å². The highest BCUT2D eigenvalue weighted by molar-refractivity contribution is 7.33. The molecule has 1 amide bonds. The summed E-state index contributed by atoms with van der Waals surface area (Å²) in [4.78, 5) is 28.4. The minimum absolute atomic E-state index is 0.00153. The molecule has 1 saturated heterocycles. The van der Waals surface area contributed by atoms with Crippen LogP contribution in [0.15, 0.2) is 17.1 Å². The summed E-state index contributed by atoms with van der Waals surface area (Å²) < 4.78 is 55.1. The first-order valence-electron chi connectivity index (χ1n) is 9.85. The van der Waals surface area contributed by atoms with Gasteiger partial charge in [-0.25, -0.2) is 13.6 Å². The van der Waals surface area contributed by atoms with E-state index in [1.165, 1.54) is 13.2 Å². The van der Waals surface area contributed by atoms with Crippen LogP contribution in [-0.2, 0) is 23.1 Å². The van der Waals surface area contributed by atoms with E-state index in [1.54, 1.807) is 0 Å². The maximum Gasteiger partial charge on any atom is 0.351 e. The van der Waals surface area contributed by atoms with Crippen LogP contribution in [0.4, 0.5) is 14.6 Å². The van der Waals surface area contributed by atoms with Gasteiger partial charge in [-0.3, -0.25) is 13.9 Å². The molecule has 0 radical (unpaired) electrons. The molecule has 0 spiro atoms. The summed E-state index contributed by atoms with van der Waals surface area (Å²) in [7, 11) is -1.60.